The second kappa shape index (κ2) is 6.38. The fourth-order valence-corrected chi connectivity index (χ4v) is 1.96. The third kappa shape index (κ3) is 3.95. The first-order valence-corrected chi connectivity index (χ1v) is 5.54. The molecule has 0 aromatic carbocycles. The topological polar surface area (TPSA) is 21.7 Å². The Morgan fingerprint density at radius 1 is 1.21 bits per heavy atom. The molecule has 3 nitrogen and oxygen atoms in total. The average molecular weight is 201 g/mol. The molecule has 0 radical (unpaired) electrons. The van der Waals surface area contributed by atoms with Gasteiger partial charge in [0.2, 0.25) is 0 Å². The maximum Gasteiger partial charge on any atom is 0.169 e. The van der Waals surface area contributed by atoms with E-state index >= 15 is 0 Å². The summed E-state index contributed by atoms with van der Waals surface area (Å²) in [5, 5.41) is 0. The Hall–Kier alpha value is -0.120. The van der Waals surface area contributed by atoms with Crippen molar-refractivity contribution in [1.82, 2.24) is 4.90 Å². The molecular weight excluding hydrogens is 178 g/mol. The predicted molar refractivity (Wildman–Crippen MR) is 57.3 cm³/mol. The fraction of sp³-hybridized carbons (Fsp3) is 1.00. The van der Waals surface area contributed by atoms with Crippen LogP contribution < -0.4 is 0 Å². The molecular formula is C11H23NO2. The van der Waals surface area contributed by atoms with E-state index in [9.17, 15) is 0 Å². The van der Waals surface area contributed by atoms with Crippen LogP contribution >= 0.6 is 0 Å². The molecule has 1 rings (SSSR count). The smallest absolute Gasteiger partial charge is 0.169 e. The summed E-state index contributed by atoms with van der Waals surface area (Å²) >= 11 is 0. The molecule has 1 heterocycles. The number of rotatable bonds is 4. The largest absolute Gasteiger partial charge is 0.355 e. The first-order chi connectivity index (χ1) is 6.76. The van der Waals surface area contributed by atoms with Gasteiger partial charge in [-0.25, -0.2) is 0 Å². The van der Waals surface area contributed by atoms with Crippen LogP contribution in [0.15, 0.2) is 0 Å². The molecule has 0 aromatic rings. The third-order valence-corrected chi connectivity index (χ3v) is 3.04. The van der Waals surface area contributed by atoms with Gasteiger partial charge in [0.15, 0.2) is 6.29 Å². The Kier molecular flexibility index (Phi) is 5.45. The van der Waals surface area contributed by atoms with Crippen LogP contribution in [0.5, 0.6) is 0 Å². The van der Waals surface area contributed by atoms with Crippen LogP contribution in [-0.4, -0.2) is 45.0 Å². The molecule has 0 spiro atoms. The van der Waals surface area contributed by atoms with Crippen molar-refractivity contribution in [2.45, 2.75) is 32.5 Å². The number of hydrogen-bond acceptors (Lipinski definition) is 3. The van der Waals surface area contributed by atoms with Gasteiger partial charge in [-0.15, -0.1) is 0 Å². The molecule has 1 atom stereocenters. The molecule has 1 aliphatic rings. The highest BCUT2D eigenvalue weighted by Gasteiger charge is 2.16. The first-order valence-electron chi connectivity index (χ1n) is 5.54. The standard InChI is InChI=1S/C11H23NO2/c1-10-5-4-7-12(8-6-10)9-11(13-2)14-3/h10-11H,4-9H2,1-3H3. The molecule has 0 N–H and O–H groups in total. The summed E-state index contributed by atoms with van der Waals surface area (Å²) in [6.07, 6.45) is 3.91. The maximum absolute atomic E-state index is 5.21. The van der Waals surface area contributed by atoms with Gasteiger partial charge in [-0.3, -0.25) is 4.90 Å². The molecule has 1 unspecified atom stereocenters. The van der Waals surface area contributed by atoms with E-state index in [0.29, 0.717) is 0 Å². The summed E-state index contributed by atoms with van der Waals surface area (Å²) in [4.78, 5) is 2.45. The lowest BCUT2D eigenvalue weighted by Crippen LogP contribution is -2.35. The van der Waals surface area contributed by atoms with Crippen molar-refractivity contribution in [3.63, 3.8) is 0 Å². The molecule has 0 amide bonds. The molecule has 3 heteroatoms. The normalized spacial score (nSPS) is 25.3. The molecule has 1 saturated heterocycles. The monoisotopic (exact) mass is 201 g/mol. The summed E-state index contributed by atoms with van der Waals surface area (Å²) in [6.45, 7) is 5.62. The van der Waals surface area contributed by atoms with Crippen LogP contribution in [0.3, 0.4) is 0 Å². The van der Waals surface area contributed by atoms with Crippen molar-refractivity contribution in [2.75, 3.05) is 33.9 Å². The molecule has 84 valence electrons. The number of nitrogens with zero attached hydrogens (tertiary/aromatic N) is 1. The van der Waals surface area contributed by atoms with Crippen molar-refractivity contribution < 1.29 is 9.47 Å². The molecule has 1 aliphatic heterocycles. The molecule has 14 heavy (non-hydrogen) atoms. The van der Waals surface area contributed by atoms with Gasteiger partial charge in [0, 0.05) is 20.8 Å². The van der Waals surface area contributed by atoms with Crippen LogP contribution in [0.1, 0.15) is 26.2 Å². The summed E-state index contributed by atoms with van der Waals surface area (Å²) < 4.78 is 10.4. The van der Waals surface area contributed by atoms with Gasteiger partial charge in [-0.2, -0.15) is 0 Å². The van der Waals surface area contributed by atoms with E-state index in [-0.39, 0.29) is 6.29 Å². The Labute approximate surface area is 87.4 Å². The van der Waals surface area contributed by atoms with E-state index < -0.39 is 0 Å². The summed E-state index contributed by atoms with van der Waals surface area (Å²) in [5.41, 5.74) is 0. The van der Waals surface area contributed by atoms with Gasteiger partial charge in [0.1, 0.15) is 0 Å². The average Bonchev–Trinajstić information content (AvgIpc) is 2.40. The van der Waals surface area contributed by atoms with Crippen LogP contribution in [0.25, 0.3) is 0 Å². The minimum Gasteiger partial charge on any atom is -0.355 e. The SMILES string of the molecule is COC(CN1CCCC(C)CC1)OC. The van der Waals surface area contributed by atoms with E-state index in [2.05, 4.69) is 11.8 Å². The van der Waals surface area contributed by atoms with Gasteiger partial charge >= 0.3 is 0 Å². The Morgan fingerprint density at radius 2 is 1.93 bits per heavy atom. The van der Waals surface area contributed by atoms with E-state index in [1.54, 1.807) is 14.2 Å². The second-order valence-corrected chi connectivity index (χ2v) is 4.24. The molecule has 0 aromatic heterocycles. The van der Waals surface area contributed by atoms with Crippen LogP contribution in [0.4, 0.5) is 0 Å². The summed E-state index contributed by atoms with van der Waals surface area (Å²) in [6, 6.07) is 0. The van der Waals surface area contributed by atoms with Crippen molar-refractivity contribution in [3.8, 4) is 0 Å². The van der Waals surface area contributed by atoms with Crippen molar-refractivity contribution in [1.29, 1.82) is 0 Å². The van der Waals surface area contributed by atoms with Crippen LogP contribution in [0.2, 0.25) is 0 Å². The minimum atomic E-state index is -0.0663. The van der Waals surface area contributed by atoms with Crippen LogP contribution in [-0.2, 0) is 9.47 Å². The molecule has 0 bridgehead atoms. The molecule has 0 saturated carbocycles. The molecule has 1 fully saturated rings. The fourth-order valence-electron chi connectivity index (χ4n) is 1.96. The lowest BCUT2D eigenvalue weighted by atomic mass is 10.0. The number of methoxy groups -OCH3 is 2. The van der Waals surface area contributed by atoms with Crippen LogP contribution in [0, 0.1) is 5.92 Å². The lowest BCUT2D eigenvalue weighted by molar-refractivity contribution is -0.116. The Balaban J connectivity index is 2.29. The van der Waals surface area contributed by atoms with Gasteiger partial charge < -0.3 is 9.47 Å². The highest BCUT2D eigenvalue weighted by atomic mass is 16.7. The first kappa shape index (κ1) is 12.0. The number of hydrogen-bond donors (Lipinski definition) is 0. The third-order valence-electron chi connectivity index (χ3n) is 3.04. The summed E-state index contributed by atoms with van der Waals surface area (Å²) in [7, 11) is 3.41. The quantitative estimate of drug-likeness (QED) is 0.647. The van der Waals surface area contributed by atoms with Gasteiger partial charge in [0.25, 0.3) is 0 Å². The van der Waals surface area contributed by atoms with E-state index in [1.807, 2.05) is 0 Å². The van der Waals surface area contributed by atoms with Crippen molar-refractivity contribution in [2.24, 2.45) is 5.92 Å². The zero-order chi connectivity index (χ0) is 10.4. The highest BCUT2D eigenvalue weighted by Crippen LogP contribution is 2.16. The maximum atomic E-state index is 5.21. The van der Waals surface area contributed by atoms with Crippen molar-refractivity contribution in [3.05, 3.63) is 0 Å². The number of likely N-dealkylation sites (tertiary alicyclic amines) is 1. The van der Waals surface area contributed by atoms with E-state index in [4.69, 9.17) is 9.47 Å². The minimum absolute atomic E-state index is 0.0663. The summed E-state index contributed by atoms with van der Waals surface area (Å²) in [5.74, 6) is 0.878. The van der Waals surface area contributed by atoms with Gasteiger partial charge in [-0.1, -0.05) is 6.92 Å². The van der Waals surface area contributed by atoms with E-state index in [0.717, 1.165) is 12.5 Å². The van der Waals surface area contributed by atoms with Gasteiger partial charge in [0.05, 0.1) is 0 Å². The zero-order valence-electron chi connectivity index (χ0n) is 9.66. The molecule has 0 aliphatic carbocycles. The predicted octanol–water partition coefficient (Wildman–Crippen LogP) is 1.73. The lowest BCUT2D eigenvalue weighted by Gasteiger charge is -2.24. The number of ether oxygens (including phenoxy) is 2. The Morgan fingerprint density at radius 3 is 2.57 bits per heavy atom. The second-order valence-electron chi connectivity index (χ2n) is 4.24. The van der Waals surface area contributed by atoms with Gasteiger partial charge in [-0.05, 0) is 38.3 Å². The van der Waals surface area contributed by atoms with Crippen molar-refractivity contribution >= 4 is 0 Å². The van der Waals surface area contributed by atoms with E-state index in [1.165, 1.54) is 32.4 Å². The highest BCUT2D eigenvalue weighted by molar-refractivity contribution is 4.68. The Bertz CT molecular complexity index is 148. The zero-order valence-corrected chi connectivity index (χ0v) is 9.66.